The lowest BCUT2D eigenvalue weighted by atomic mass is 10.2. The van der Waals surface area contributed by atoms with E-state index in [0.717, 1.165) is 11.3 Å². The van der Waals surface area contributed by atoms with E-state index in [2.05, 4.69) is 5.32 Å². The molecule has 0 heterocycles. The molecule has 0 aliphatic rings. The number of hydrogen-bond donors (Lipinski definition) is 1. The fraction of sp³-hybridized carbons (Fsp3) is 0.455. The number of halogens is 2. The first-order valence-corrected chi connectivity index (χ1v) is 5.16. The van der Waals surface area contributed by atoms with Gasteiger partial charge < -0.3 is 5.32 Å². The highest BCUT2D eigenvalue weighted by Crippen LogP contribution is 2.25. The van der Waals surface area contributed by atoms with E-state index in [1.165, 1.54) is 0 Å². The largest absolute Gasteiger partial charge is 0.381 e. The van der Waals surface area contributed by atoms with Gasteiger partial charge in [-0.1, -0.05) is 30.7 Å². The summed E-state index contributed by atoms with van der Waals surface area (Å²) >= 11 is 6.03. The van der Waals surface area contributed by atoms with Gasteiger partial charge in [0.05, 0.1) is 10.7 Å². The maximum Gasteiger partial charge on any atom is 0.117 e. The fourth-order valence-corrected chi connectivity index (χ4v) is 1.34. The Morgan fingerprint density at radius 3 is 2.86 bits per heavy atom. The molecule has 0 aromatic heterocycles. The Hall–Kier alpha value is -0.760. The molecule has 1 atom stereocenters. The zero-order valence-corrected chi connectivity index (χ0v) is 9.24. The summed E-state index contributed by atoms with van der Waals surface area (Å²) in [6, 6.07) is 5.70. The molecule has 1 unspecified atom stereocenters. The van der Waals surface area contributed by atoms with Crippen LogP contribution in [0, 0.1) is 6.92 Å². The summed E-state index contributed by atoms with van der Waals surface area (Å²) in [5, 5.41) is 3.67. The number of nitrogens with one attached hydrogen (secondary N) is 1. The van der Waals surface area contributed by atoms with Crippen LogP contribution in [-0.2, 0) is 0 Å². The first kappa shape index (κ1) is 11.3. The molecule has 0 saturated carbocycles. The van der Waals surface area contributed by atoms with Crippen LogP contribution < -0.4 is 5.32 Å². The highest BCUT2D eigenvalue weighted by molar-refractivity contribution is 6.33. The number of rotatable bonds is 4. The van der Waals surface area contributed by atoms with E-state index in [1.54, 1.807) is 0 Å². The molecule has 1 N–H and O–H groups in total. The van der Waals surface area contributed by atoms with Gasteiger partial charge in [-0.05, 0) is 25.0 Å². The van der Waals surface area contributed by atoms with Crippen LogP contribution >= 0.6 is 11.6 Å². The Morgan fingerprint density at radius 1 is 1.50 bits per heavy atom. The highest BCUT2D eigenvalue weighted by Gasteiger charge is 2.05. The number of anilines is 1. The van der Waals surface area contributed by atoms with Crippen molar-refractivity contribution in [1.82, 2.24) is 0 Å². The quantitative estimate of drug-likeness (QED) is 0.806. The lowest BCUT2D eigenvalue weighted by molar-refractivity contribution is 0.340. The maximum absolute atomic E-state index is 12.9. The molecule has 0 radical (unpaired) electrons. The van der Waals surface area contributed by atoms with E-state index < -0.39 is 6.17 Å². The third-order valence-electron chi connectivity index (χ3n) is 2.15. The number of benzene rings is 1. The molecule has 1 rings (SSSR count). The van der Waals surface area contributed by atoms with Gasteiger partial charge in [-0.25, -0.2) is 4.39 Å². The molecule has 1 aromatic carbocycles. The average Bonchev–Trinajstić information content (AvgIpc) is 2.20. The second-order valence-electron chi connectivity index (χ2n) is 3.32. The Morgan fingerprint density at radius 2 is 2.21 bits per heavy atom. The Balaban J connectivity index is 2.63. The lowest BCUT2D eigenvalue weighted by Gasteiger charge is -2.11. The van der Waals surface area contributed by atoms with Gasteiger partial charge >= 0.3 is 0 Å². The van der Waals surface area contributed by atoms with Crippen LogP contribution in [0.15, 0.2) is 18.2 Å². The van der Waals surface area contributed by atoms with Gasteiger partial charge in [0.15, 0.2) is 0 Å². The summed E-state index contributed by atoms with van der Waals surface area (Å²) in [4.78, 5) is 0. The number of aryl methyl sites for hydroxylation is 1. The van der Waals surface area contributed by atoms with Gasteiger partial charge in [-0.15, -0.1) is 0 Å². The molecule has 0 amide bonds. The molecule has 1 nitrogen and oxygen atoms in total. The van der Waals surface area contributed by atoms with Crippen LogP contribution in [-0.4, -0.2) is 12.7 Å². The average molecular weight is 216 g/mol. The molecular formula is C11H15ClFN. The minimum atomic E-state index is -0.813. The zero-order chi connectivity index (χ0) is 10.6. The summed E-state index contributed by atoms with van der Waals surface area (Å²) in [7, 11) is 0. The molecule has 0 fully saturated rings. The second kappa shape index (κ2) is 5.20. The van der Waals surface area contributed by atoms with Crippen molar-refractivity contribution < 1.29 is 4.39 Å². The van der Waals surface area contributed by atoms with Crippen molar-refractivity contribution in [2.24, 2.45) is 0 Å². The topological polar surface area (TPSA) is 12.0 Å². The molecule has 3 heteroatoms. The van der Waals surface area contributed by atoms with E-state index in [4.69, 9.17) is 11.6 Å². The van der Waals surface area contributed by atoms with E-state index >= 15 is 0 Å². The van der Waals surface area contributed by atoms with Gasteiger partial charge in [0.1, 0.15) is 6.17 Å². The molecule has 0 bridgehead atoms. The molecule has 1 aromatic rings. The Bertz CT molecular complexity index is 301. The van der Waals surface area contributed by atoms with Crippen molar-refractivity contribution in [3.63, 3.8) is 0 Å². The second-order valence-corrected chi connectivity index (χ2v) is 3.70. The molecule has 0 saturated heterocycles. The molecule has 78 valence electrons. The van der Waals surface area contributed by atoms with Gasteiger partial charge in [0.2, 0.25) is 0 Å². The van der Waals surface area contributed by atoms with Crippen LogP contribution in [0.25, 0.3) is 0 Å². The van der Waals surface area contributed by atoms with E-state index in [-0.39, 0.29) is 0 Å². The summed E-state index contributed by atoms with van der Waals surface area (Å²) in [6.07, 6.45) is -0.289. The molecule has 14 heavy (non-hydrogen) atoms. The molecule has 0 aliphatic carbocycles. The van der Waals surface area contributed by atoms with Gasteiger partial charge in [-0.3, -0.25) is 0 Å². The smallest absolute Gasteiger partial charge is 0.117 e. The van der Waals surface area contributed by atoms with Crippen molar-refractivity contribution in [3.05, 3.63) is 28.8 Å². The lowest BCUT2D eigenvalue weighted by Crippen LogP contribution is -2.14. The predicted molar refractivity (Wildman–Crippen MR) is 59.9 cm³/mol. The van der Waals surface area contributed by atoms with Crippen LogP contribution in [0.5, 0.6) is 0 Å². The Kier molecular flexibility index (Phi) is 4.21. The van der Waals surface area contributed by atoms with Crippen LogP contribution in [0.2, 0.25) is 5.02 Å². The SMILES string of the molecule is CCC(F)CNc1cccc(C)c1Cl. The Labute approximate surface area is 89.3 Å². The summed E-state index contributed by atoms with van der Waals surface area (Å²) < 4.78 is 12.9. The van der Waals surface area contributed by atoms with E-state index in [1.807, 2.05) is 32.0 Å². The van der Waals surface area contributed by atoms with E-state index in [0.29, 0.717) is 18.0 Å². The van der Waals surface area contributed by atoms with Crippen molar-refractivity contribution in [1.29, 1.82) is 0 Å². The monoisotopic (exact) mass is 215 g/mol. The van der Waals surface area contributed by atoms with Gasteiger partial charge in [-0.2, -0.15) is 0 Å². The molecule has 0 aliphatic heterocycles. The minimum absolute atomic E-state index is 0.319. The number of alkyl halides is 1. The van der Waals surface area contributed by atoms with Crippen LogP contribution in [0.3, 0.4) is 0 Å². The first-order valence-electron chi connectivity index (χ1n) is 4.78. The van der Waals surface area contributed by atoms with E-state index in [9.17, 15) is 4.39 Å². The highest BCUT2D eigenvalue weighted by atomic mass is 35.5. The molecular weight excluding hydrogens is 201 g/mol. The third kappa shape index (κ3) is 2.88. The standard InChI is InChI=1S/C11H15ClFN/c1-3-9(13)7-14-10-6-4-5-8(2)11(10)12/h4-6,9,14H,3,7H2,1-2H3. The van der Waals surface area contributed by atoms with Gasteiger partial charge in [0.25, 0.3) is 0 Å². The summed E-state index contributed by atoms with van der Waals surface area (Å²) in [5.74, 6) is 0. The van der Waals surface area contributed by atoms with Gasteiger partial charge in [0, 0.05) is 6.54 Å². The van der Waals surface area contributed by atoms with Crippen LogP contribution in [0.1, 0.15) is 18.9 Å². The third-order valence-corrected chi connectivity index (χ3v) is 2.65. The molecule has 0 spiro atoms. The van der Waals surface area contributed by atoms with Crippen molar-refractivity contribution in [2.75, 3.05) is 11.9 Å². The first-order chi connectivity index (χ1) is 6.65. The predicted octanol–water partition coefficient (Wildman–Crippen LogP) is 3.81. The van der Waals surface area contributed by atoms with Crippen LogP contribution in [0.4, 0.5) is 10.1 Å². The summed E-state index contributed by atoms with van der Waals surface area (Å²) in [5.41, 5.74) is 1.81. The normalized spacial score (nSPS) is 12.6. The fourth-order valence-electron chi connectivity index (χ4n) is 1.15. The number of hydrogen-bond acceptors (Lipinski definition) is 1. The van der Waals surface area contributed by atoms with Crippen molar-refractivity contribution in [2.45, 2.75) is 26.4 Å². The van der Waals surface area contributed by atoms with Crippen molar-refractivity contribution in [3.8, 4) is 0 Å². The minimum Gasteiger partial charge on any atom is -0.381 e. The van der Waals surface area contributed by atoms with Crippen molar-refractivity contribution >= 4 is 17.3 Å². The maximum atomic E-state index is 12.9. The summed E-state index contributed by atoms with van der Waals surface area (Å²) in [6.45, 7) is 4.07. The zero-order valence-electron chi connectivity index (χ0n) is 8.48.